The molecule has 0 bridgehead atoms. The summed E-state index contributed by atoms with van der Waals surface area (Å²) in [5.41, 5.74) is -2.14. The third-order valence-corrected chi connectivity index (χ3v) is 3.64. The number of para-hydroxylation sites is 1. The molecule has 1 aromatic carbocycles. The van der Waals surface area contributed by atoms with Crippen molar-refractivity contribution in [3.63, 3.8) is 0 Å². The molecule has 1 unspecified atom stereocenters. The van der Waals surface area contributed by atoms with Crippen LogP contribution in [-0.4, -0.2) is 12.1 Å². The Morgan fingerprint density at radius 2 is 1.95 bits per heavy atom. The van der Waals surface area contributed by atoms with Gasteiger partial charge >= 0.3 is 6.18 Å². The van der Waals surface area contributed by atoms with E-state index in [4.69, 9.17) is 0 Å². The molecule has 0 saturated heterocycles. The van der Waals surface area contributed by atoms with Gasteiger partial charge in [0.2, 0.25) is 5.91 Å². The monoisotopic (exact) mass is 279 g/mol. The molecule has 1 aliphatic heterocycles. The van der Waals surface area contributed by atoms with E-state index in [-0.39, 0.29) is 17.2 Å². The van der Waals surface area contributed by atoms with Crippen LogP contribution in [0, 0.1) is 17.8 Å². The van der Waals surface area contributed by atoms with Gasteiger partial charge in [-0.05, 0) is 18.9 Å². The average Bonchev–Trinajstić information content (AvgIpc) is 3.18. The zero-order valence-corrected chi connectivity index (χ0v) is 10.6. The van der Waals surface area contributed by atoms with Gasteiger partial charge in [0.15, 0.2) is 5.41 Å². The molecular formula is C15H12F3NO. The van der Waals surface area contributed by atoms with Gasteiger partial charge in [-0.25, -0.2) is 0 Å². The highest BCUT2D eigenvalue weighted by Crippen LogP contribution is 2.48. The predicted octanol–water partition coefficient (Wildman–Crippen LogP) is 3.24. The van der Waals surface area contributed by atoms with Gasteiger partial charge < -0.3 is 5.32 Å². The standard InChI is InChI=1S/C15H12F3NO/c16-15(17,18)14(8-7-10-5-6-10)9-13(20)19-12-4-2-1-3-11(12)14/h1-4,10H,5-6,9H2,(H,19,20). The number of carbonyl (C=O) groups is 1. The van der Waals surface area contributed by atoms with E-state index in [0.29, 0.717) is 0 Å². The lowest BCUT2D eigenvalue weighted by Gasteiger charge is -2.36. The van der Waals surface area contributed by atoms with Crippen LogP contribution in [0.4, 0.5) is 18.9 Å². The number of hydrogen-bond donors (Lipinski definition) is 1. The van der Waals surface area contributed by atoms with E-state index >= 15 is 0 Å². The SMILES string of the molecule is O=C1CC(C#CC2CC2)(C(F)(F)F)c2ccccc2N1. The number of rotatable bonds is 0. The lowest BCUT2D eigenvalue weighted by atomic mass is 9.74. The molecule has 3 rings (SSSR count). The Labute approximate surface area is 114 Å². The van der Waals surface area contributed by atoms with E-state index in [1.165, 1.54) is 18.2 Å². The second kappa shape index (κ2) is 4.27. The van der Waals surface area contributed by atoms with Crippen molar-refractivity contribution in [3.05, 3.63) is 29.8 Å². The largest absolute Gasteiger partial charge is 0.409 e. The Morgan fingerprint density at radius 3 is 2.60 bits per heavy atom. The first-order valence-corrected chi connectivity index (χ1v) is 6.41. The van der Waals surface area contributed by atoms with Gasteiger partial charge in [0.05, 0.1) is 6.42 Å². The van der Waals surface area contributed by atoms with Crippen LogP contribution < -0.4 is 5.32 Å². The van der Waals surface area contributed by atoms with Gasteiger partial charge in [-0.2, -0.15) is 13.2 Å². The summed E-state index contributed by atoms with van der Waals surface area (Å²) in [6.07, 6.45) is -3.57. The zero-order valence-electron chi connectivity index (χ0n) is 10.6. The van der Waals surface area contributed by atoms with Crippen molar-refractivity contribution < 1.29 is 18.0 Å². The van der Waals surface area contributed by atoms with E-state index in [1.54, 1.807) is 6.07 Å². The fourth-order valence-corrected chi connectivity index (χ4v) is 2.38. The normalized spacial score (nSPS) is 25.2. The number of halogens is 3. The van der Waals surface area contributed by atoms with E-state index in [9.17, 15) is 18.0 Å². The molecule has 1 heterocycles. The van der Waals surface area contributed by atoms with Crippen molar-refractivity contribution in [2.24, 2.45) is 5.92 Å². The molecule has 104 valence electrons. The number of benzene rings is 1. The molecule has 2 aliphatic rings. The summed E-state index contributed by atoms with van der Waals surface area (Å²) in [6, 6.07) is 6.00. The second-order valence-electron chi connectivity index (χ2n) is 5.22. The third kappa shape index (κ3) is 2.05. The number of alkyl halides is 3. The highest BCUT2D eigenvalue weighted by molar-refractivity contribution is 5.96. The summed E-state index contributed by atoms with van der Waals surface area (Å²) in [7, 11) is 0. The van der Waals surface area contributed by atoms with E-state index in [2.05, 4.69) is 17.2 Å². The maximum atomic E-state index is 13.6. The first kappa shape index (κ1) is 13.0. The second-order valence-corrected chi connectivity index (χ2v) is 5.22. The molecule has 1 N–H and O–H groups in total. The summed E-state index contributed by atoms with van der Waals surface area (Å²) < 4.78 is 40.9. The van der Waals surface area contributed by atoms with Crippen LogP contribution in [-0.2, 0) is 10.2 Å². The molecule has 0 aromatic heterocycles. The molecule has 1 saturated carbocycles. The minimum absolute atomic E-state index is 0.0419. The smallest absolute Gasteiger partial charge is 0.326 e. The number of hydrogen-bond acceptors (Lipinski definition) is 1. The lowest BCUT2D eigenvalue weighted by Crippen LogP contribution is -2.47. The molecule has 2 nitrogen and oxygen atoms in total. The summed E-state index contributed by atoms with van der Waals surface area (Å²) in [4.78, 5) is 11.7. The minimum Gasteiger partial charge on any atom is -0.326 e. The lowest BCUT2D eigenvalue weighted by molar-refractivity contribution is -0.177. The topological polar surface area (TPSA) is 29.1 Å². The highest BCUT2D eigenvalue weighted by Gasteiger charge is 2.58. The van der Waals surface area contributed by atoms with Crippen LogP contribution in [0.5, 0.6) is 0 Å². The average molecular weight is 279 g/mol. The molecule has 1 aromatic rings. The molecule has 0 spiro atoms. The fourth-order valence-electron chi connectivity index (χ4n) is 2.38. The third-order valence-electron chi connectivity index (χ3n) is 3.64. The quantitative estimate of drug-likeness (QED) is 0.726. The summed E-state index contributed by atoms with van der Waals surface area (Å²) in [6.45, 7) is 0. The molecule has 1 atom stereocenters. The van der Waals surface area contributed by atoms with Crippen molar-refractivity contribution in [2.45, 2.75) is 30.9 Å². The highest BCUT2D eigenvalue weighted by atomic mass is 19.4. The van der Waals surface area contributed by atoms with Crippen molar-refractivity contribution in [1.29, 1.82) is 0 Å². The summed E-state index contributed by atoms with van der Waals surface area (Å²) in [5.74, 6) is 4.47. The maximum absolute atomic E-state index is 13.6. The van der Waals surface area contributed by atoms with Gasteiger partial charge in [0.1, 0.15) is 0 Å². The van der Waals surface area contributed by atoms with E-state index in [1.807, 2.05) is 0 Å². The van der Waals surface area contributed by atoms with Crippen molar-refractivity contribution in [1.82, 2.24) is 0 Å². The van der Waals surface area contributed by atoms with Crippen LogP contribution >= 0.6 is 0 Å². The van der Waals surface area contributed by atoms with Crippen LogP contribution in [0.15, 0.2) is 24.3 Å². The number of fused-ring (bicyclic) bond motifs is 1. The summed E-state index contributed by atoms with van der Waals surface area (Å²) in [5, 5.41) is 2.48. The van der Waals surface area contributed by atoms with Crippen molar-refractivity contribution >= 4 is 11.6 Å². The number of amides is 1. The first-order chi connectivity index (χ1) is 9.42. The summed E-state index contributed by atoms with van der Waals surface area (Å²) >= 11 is 0. The fraction of sp³-hybridized carbons (Fsp3) is 0.400. The Kier molecular flexibility index (Phi) is 2.79. The van der Waals surface area contributed by atoms with Crippen molar-refractivity contribution in [3.8, 4) is 11.8 Å². The zero-order chi connectivity index (χ0) is 14.4. The Bertz CT molecular complexity index is 622. The van der Waals surface area contributed by atoms with Gasteiger partial charge in [0, 0.05) is 17.2 Å². The van der Waals surface area contributed by atoms with Gasteiger partial charge in [-0.3, -0.25) is 4.79 Å². The Morgan fingerprint density at radius 1 is 1.25 bits per heavy atom. The van der Waals surface area contributed by atoms with Crippen LogP contribution in [0.1, 0.15) is 24.8 Å². The van der Waals surface area contributed by atoms with Crippen LogP contribution in [0.25, 0.3) is 0 Å². The number of carbonyl (C=O) groups excluding carboxylic acids is 1. The molecule has 20 heavy (non-hydrogen) atoms. The van der Waals surface area contributed by atoms with E-state index in [0.717, 1.165) is 12.8 Å². The molecule has 0 radical (unpaired) electrons. The molecule has 1 amide bonds. The Balaban J connectivity index is 2.19. The number of nitrogens with one attached hydrogen (secondary N) is 1. The minimum atomic E-state index is -4.58. The van der Waals surface area contributed by atoms with Gasteiger partial charge in [-0.15, -0.1) is 0 Å². The molecule has 1 fully saturated rings. The molecule has 5 heteroatoms. The maximum Gasteiger partial charge on any atom is 0.409 e. The molecule has 1 aliphatic carbocycles. The van der Waals surface area contributed by atoms with Crippen molar-refractivity contribution in [2.75, 3.05) is 5.32 Å². The van der Waals surface area contributed by atoms with Gasteiger partial charge in [-0.1, -0.05) is 30.0 Å². The van der Waals surface area contributed by atoms with Crippen LogP contribution in [0.2, 0.25) is 0 Å². The Hall–Kier alpha value is -1.96. The molecular weight excluding hydrogens is 267 g/mol. The number of anilines is 1. The van der Waals surface area contributed by atoms with Crippen LogP contribution in [0.3, 0.4) is 0 Å². The van der Waals surface area contributed by atoms with Gasteiger partial charge in [0.25, 0.3) is 0 Å². The first-order valence-electron chi connectivity index (χ1n) is 6.41. The predicted molar refractivity (Wildman–Crippen MR) is 67.9 cm³/mol. The van der Waals surface area contributed by atoms with E-state index < -0.39 is 23.9 Å².